The van der Waals surface area contributed by atoms with E-state index in [1.807, 2.05) is 12.1 Å². The van der Waals surface area contributed by atoms with Crippen molar-refractivity contribution in [2.24, 2.45) is 5.16 Å². The fourth-order valence-corrected chi connectivity index (χ4v) is 2.85. The first-order chi connectivity index (χ1) is 8.76. The van der Waals surface area contributed by atoms with E-state index in [9.17, 15) is 0 Å². The van der Waals surface area contributed by atoms with Gasteiger partial charge in [-0.2, -0.15) is 0 Å². The van der Waals surface area contributed by atoms with Crippen LogP contribution in [0.1, 0.15) is 24.1 Å². The number of nitrogens with zero attached hydrogens (tertiary/aromatic N) is 2. The number of fused-ring (bicyclic) bond motifs is 3. The molecular formula is C14H16N2O2. The topological polar surface area (TPSA) is 46.8 Å². The second kappa shape index (κ2) is 4.05. The minimum atomic E-state index is 0.786. The first-order valence-electron chi connectivity index (χ1n) is 6.14. The lowest BCUT2D eigenvalue weighted by atomic mass is 10.0. The smallest absolute Gasteiger partial charge is 0.120 e. The minimum Gasteiger partial charge on any atom is -0.497 e. The highest BCUT2D eigenvalue weighted by molar-refractivity contribution is 6.06. The van der Waals surface area contributed by atoms with Gasteiger partial charge in [-0.15, -0.1) is 0 Å². The summed E-state index contributed by atoms with van der Waals surface area (Å²) >= 11 is 0. The van der Waals surface area contributed by atoms with Gasteiger partial charge in [0.25, 0.3) is 0 Å². The van der Waals surface area contributed by atoms with Crippen molar-refractivity contribution >= 4 is 16.6 Å². The Hall–Kier alpha value is -1.97. The van der Waals surface area contributed by atoms with Crippen LogP contribution in [0.2, 0.25) is 0 Å². The Morgan fingerprint density at radius 2 is 2.22 bits per heavy atom. The molecule has 0 amide bonds. The van der Waals surface area contributed by atoms with Crippen molar-refractivity contribution in [1.82, 2.24) is 4.57 Å². The molecule has 1 aliphatic heterocycles. The molecule has 1 aliphatic rings. The summed E-state index contributed by atoms with van der Waals surface area (Å²) < 4.78 is 7.51. The van der Waals surface area contributed by atoms with E-state index < -0.39 is 0 Å². The van der Waals surface area contributed by atoms with E-state index in [4.69, 9.17) is 9.94 Å². The number of aromatic nitrogens is 1. The van der Waals surface area contributed by atoms with Gasteiger partial charge in [0.2, 0.25) is 0 Å². The SMILES string of the molecule is COc1ccc2c(C)c3n(c2c1)CCCC3=NO. The molecule has 0 bridgehead atoms. The monoisotopic (exact) mass is 244 g/mol. The van der Waals surface area contributed by atoms with Gasteiger partial charge >= 0.3 is 0 Å². The molecule has 1 aromatic heterocycles. The normalized spacial score (nSPS) is 17.1. The number of hydrogen-bond donors (Lipinski definition) is 1. The Balaban J connectivity index is 2.35. The number of aryl methyl sites for hydroxylation is 2. The molecule has 0 aliphatic carbocycles. The second-order valence-electron chi connectivity index (χ2n) is 4.66. The average molecular weight is 244 g/mol. The Kier molecular flexibility index (Phi) is 2.51. The van der Waals surface area contributed by atoms with Gasteiger partial charge in [0.05, 0.1) is 18.3 Å². The van der Waals surface area contributed by atoms with E-state index in [1.165, 1.54) is 10.9 Å². The first-order valence-corrected chi connectivity index (χ1v) is 6.14. The Morgan fingerprint density at radius 3 is 2.94 bits per heavy atom. The highest BCUT2D eigenvalue weighted by atomic mass is 16.5. The van der Waals surface area contributed by atoms with Crippen LogP contribution in [0.4, 0.5) is 0 Å². The second-order valence-corrected chi connectivity index (χ2v) is 4.66. The van der Waals surface area contributed by atoms with Crippen LogP contribution in [0.25, 0.3) is 10.9 Å². The van der Waals surface area contributed by atoms with Crippen LogP contribution >= 0.6 is 0 Å². The van der Waals surface area contributed by atoms with Gasteiger partial charge in [-0.3, -0.25) is 0 Å². The molecule has 2 aromatic rings. The Labute approximate surface area is 105 Å². The maximum absolute atomic E-state index is 9.14. The summed E-state index contributed by atoms with van der Waals surface area (Å²) in [6.45, 7) is 3.04. The number of benzene rings is 1. The zero-order valence-electron chi connectivity index (χ0n) is 10.6. The quantitative estimate of drug-likeness (QED) is 0.619. The minimum absolute atomic E-state index is 0.786. The van der Waals surface area contributed by atoms with Crippen molar-refractivity contribution in [3.8, 4) is 5.75 Å². The van der Waals surface area contributed by atoms with Crippen molar-refractivity contribution in [2.45, 2.75) is 26.3 Å². The fraction of sp³-hybridized carbons (Fsp3) is 0.357. The van der Waals surface area contributed by atoms with Crippen LogP contribution in [0.5, 0.6) is 5.75 Å². The summed E-state index contributed by atoms with van der Waals surface area (Å²) in [5.41, 5.74) is 4.18. The molecule has 94 valence electrons. The van der Waals surface area contributed by atoms with Crippen molar-refractivity contribution < 1.29 is 9.94 Å². The molecule has 2 heterocycles. The highest BCUT2D eigenvalue weighted by Crippen LogP contribution is 2.32. The summed E-state index contributed by atoms with van der Waals surface area (Å²) in [5.74, 6) is 0.857. The van der Waals surface area contributed by atoms with Crippen molar-refractivity contribution in [3.05, 3.63) is 29.5 Å². The summed E-state index contributed by atoms with van der Waals surface area (Å²) in [7, 11) is 1.68. The van der Waals surface area contributed by atoms with E-state index in [-0.39, 0.29) is 0 Å². The maximum atomic E-state index is 9.14. The molecule has 0 saturated heterocycles. The summed E-state index contributed by atoms with van der Waals surface area (Å²) in [6.07, 6.45) is 1.84. The van der Waals surface area contributed by atoms with Gasteiger partial charge in [0.15, 0.2) is 0 Å². The Morgan fingerprint density at radius 1 is 1.39 bits per heavy atom. The molecule has 1 N–H and O–H groups in total. The fourth-order valence-electron chi connectivity index (χ4n) is 2.85. The molecule has 0 spiro atoms. The van der Waals surface area contributed by atoms with Crippen molar-refractivity contribution in [3.63, 3.8) is 0 Å². The van der Waals surface area contributed by atoms with Gasteiger partial charge in [0.1, 0.15) is 11.5 Å². The summed E-state index contributed by atoms with van der Waals surface area (Å²) in [4.78, 5) is 0. The third-order valence-electron chi connectivity index (χ3n) is 3.71. The van der Waals surface area contributed by atoms with Crippen LogP contribution in [-0.4, -0.2) is 22.6 Å². The van der Waals surface area contributed by atoms with Crippen molar-refractivity contribution in [1.29, 1.82) is 0 Å². The lowest BCUT2D eigenvalue weighted by Gasteiger charge is -2.17. The van der Waals surface area contributed by atoms with E-state index in [2.05, 4.69) is 22.7 Å². The summed E-state index contributed by atoms with van der Waals surface area (Å²) in [5, 5.41) is 13.8. The van der Waals surface area contributed by atoms with Gasteiger partial charge in [-0.05, 0) is 37.5 Å². The molecule has 0 atom stereocenters. The molecule has 0 unspecified atom stereocenters. The van der Waals surface area contributed by atoms with Gasteiger partial charge < -0.3 is 14.5 Å². The third kappa shape index (κ3) is 1.41. The van der Waals surface area contributed by atoms with E-state index >= 15 is 0 Å². The van der Waals surface area contributed by atoms with Crippen LogP contribution in [0.15, 0.2) is 23.4 Å². The largest absolute Gasteiger partial charge is 0.497 e. The Bertz CT molecular complexity index is 641. The standard InChI is InChI=1S/C14H16N2O2/c1-9-11-6-5-10(18-2)8-13(11)16-7-3-4-12(15-17)14(9)16/h5-6,8,17H,3-4,7H2,1-2H3. The van der Waals surface area contributed by atoms with Gasteiger partial charge in [-0.1, -0.05) is 5.16 Å². The molecule has 1 aromatic carbocycles. The zero-order valence-corrected chi connectivity index (χ0v) is 10.6. The van der Waals surface area contributed by atoms with Crippen LogP contribution in [0, 0.1) is 6.92 Å². The first kappa shape index (κ1) is 11.1. The predicted molar refractivity (Wildman–Crippen MR) is 70.8 cm³/mol. The lowest BCUT2D eigenvalue weighted by Crippen LogP contribution is -2.17. The number of hydrogen-bond acceptors (Lipinski definition) is 3. The molecular weight excluding hydrogens is 228 g/mol. The highest BCUT2D eigenvalue weighted by Gasteiger charge is 2.22. The molecule has 4 heteroatoms. The zero-order chi connectivity index (χ0) is 12.7. The van der Waals surface area contributed by atoms with Crippen LogP contribution < -0.4 is 4.74 Å². The predicted octanol–water partition coefficient (Wildman–Crippen LogP) is 2.93. The van der Waals surface area contributed by atoms with E-state index in [0.717, 1.165) is 42.1 Å². The summed E-state index contributed by atoms with van der Waals surface area (Å²) in [6, 6.07) is 6.09. The van der Waals surface area contributed by atoms with Gasteiger partial charge in [0, 0.05) is 18.0 Å². The molecule has 3 rings (SSSR count). The number of methoxy groups -OCH3 is 1. The van der Waals surface area contributed by atoms with Crippen LogP contribution in [0.3, 0.4) is 0 Å². The van der Waals surface area contributed by atoms with E-state index in [1.54, 1.807) is 7.11 Å². The van der Waals surface area contributed by atoms with Crippen LogP contribution in [-0.2, 0) is 6.54 Å². The van der Waals surface area contributed by atoms with E-state index in [0.29, 0.717) is 0 Å². The molecule has 0 radical (unpaired) electrons. The number of oxime groups is 1. The molecule has 0 saturated carbocycles. The molecule has 4 nitrogen and oxygen atoms in total. The van der Waals surface area contributed by atoms with Gasteiger partial charge in [-0.25, -0.2) is 0 Å². The lowest BCUT2D eigenvalue weighted by molar-refractivity contribution is 0.316. The maximum Gasteiger partial charge on any atom is 0.120 e. The molecule has 0 fully saturated rings. The number of rotatable bonds is 1. The number of ether oxygens (including phenoxy) is 1. The molecule has 18 heavy (non-hydrogen) atoms. The third-order valence-corrected chi connectivity index (χ3v) is 3.71. The van der Waals surface area contributed by atoms with Crippen molar-refractivity contribution in [2.75, 3.05) is 7.11 Å². The average Bonchev–Trinajstić information content (AvgIpc) is 2.72.